The van der Waals surface area contributed by atoms with E-state index in [9.17, 15) is 8.60 Å². The van der Waals surface area contributed by atoms with Crippen LogP contribution in [0.5, 0.6) is 0 Å². The summed E-state index contributed by atoms with van der Waals surface area (Å²) in [7, 11) is -2.68. The van der Waals surface area contributed by atoms with Crippen molar-refractivity contribution in [1.29, 1.82) is 0 Å². The topological polar surface area (TPSA) is 26.8 Å². The number of rotatable bonds is 5. The molecule has 3 rings (SSSR count). The second kappa shape index (κ2) is 8.01. The maximum absolute atomic E-state index is 13.8. The van der Waals surface area contributed by atoms with Crippen LogP contribution >= 0.6 is 0 Å². The molecule has 4 nitrogen and oxygen atoms in total. The fourth-order valence-corrected chi connectivity index (χ4v) is 5.80. The van der Waals surface area contributed by atoms with E-state index in [1.165, 1.54) is 31.4 Å². The van der Waals surface area contributed by atoms with Crippen LogP contribution in [-0.4, -0.2) is 63.5 Å². The lowest BCUT2D eigenvalue weighted by Gasteiger charge is -2.42. The molecule has 1 atom stereocenters. The zero-order chi connectivity index (χ0) is 18.7. The fourth-order valence-electron chi connectivity index (χ4n) is 3.85. The molecule has 0 spiro atoms. The van der Waals surface area contributed by atoms with Gasteiger partial charge in [-0.1, -0.05) is 19.6 Å². The van der Waals surface area contributed by atoms with Gasteiger partial charge in [-0.15, -0.1) is 0 Å². The number of aryl methyl sites for hydroxylation is 1. The minimum atomic E-state index is -2.68. The van der Waals surface area contributed by atoms with E-state index in [-0.39, 0.29) is 5.82 Å². The van der Waals surface area contributed by atoms with Gasteiger partial charge in [-0.25, -0.2) is 12.9 Å². The molecule has 1 unspecified atom stereocenters. The number of piperidine rings is 1. The van der Waals surface area contributed by atoms with Gasteiger partial charge >= 0.3 is 0 Å². The molecule has 0 saturated carbocycles. The minimum absolute atomic E-state index is 0.356. The maximum Gasteiger partial charge on any atom is 0.124 e. The summed E-state index contributed by atoms with van der Waals surface area (Å²) in [4.78, 5) is 5.19. The molecule has 2 aliphatic rings. The summed E-state index contributed by atoms with van der Waals surface area (Å²) in [5.74, 6) is 4.74. The average Bonchev–Trinajstić information content (AvgIpc) is 2.68. The lowest BCUT2D eigenvalue weighted by Crippen LogP contribution is -2.50. The highest BCUT2D eigenvalue weighted by Gasteiger charge is 2.27. The second-order valence-electron chi connectivity index (χ2n) is 7.13. The summed E-state index contributed by atoms with van der Waals surface area (Å²) in [5.41, 5.74) is 0.909. The number of hydrogen-bond donors (Lipinski definition) is 0. The summed E-state index contributed by atoms with van der Waals surface area (Å²) in [6.45, 7) is 11.3. The van der Waals surface area contributed by atoms with E-state index in [1.54, 1.807) is 6.07 Å². The van der Waals surface area contributed by atoms with Crippen LogP contribution in [0, 0.1) is 5.82 Å². The van der Waals surface area contributed by atoms with E-state index in [0.29, 0.717) is 24.4 Å². The molecular formula is C20H30FN3OS. The summed E-state index contributed by atoms with van der Waals surface area (Å²) in [6, 6.07) is 4.55. The lowest BCUT2D eigenvalue weighted by molar-refractivity contribution is 0.152. The van der Waals surface area contributed by atoms with Crippen molar-refractivity contribution in [3.05, 3.63) is 42.0 Å². The first kappa shape index (κ1) is 19.2. The number of benzene rings is 1. The van der Waals surface area contributed by atoms with E-state index >= 15 is 0 Å². The largest absolute Gasteiger partial charge is 0.359 e. The molecule has 6 heteroatoms. The normalized spacial score (nSPS) is 21.5. The third-order valence-corrected chi connectivity index (χ3v) is 7.76. The number of piperazine rings is 1. The third kappa shape index (κ3) is 3.91. The highest BCUT2D eigenvalue weighted by Crippen LogP contribution is 2.25. The van der Waals surface area contributed by atoms with E-state index in [1.807, 2.05) is 11.2 Å². The number of halogens is 1. The first-order valence-electron chi connectivity index (χ1n) is 9.53. The zero-order valence-electron chi connectivity index (χ0n) is 15.8. The van der Waals surface area contributed by atoms with Gasteiger partial charge in [0.2, 0.25) is 0 Å². The van der Waals surface area contributed by atoms with Crippen molar-refractivity contribution in [1.82, 2.24) is 14.1 Å². The van der Waals surface area contributed by atoms with Gasteiger partial charge in [-0.05, 0) is 49.2 Å². The Kier molecular flexibility index (Phi) is 5.92. The van der Waals surface area contributed by atoms with Crippen LogP contribution in [0.2, 0.25) is 0 Å². The molecule has 0 radical (unpaired) electrons. The lowest BCUT2D eigenvalue weighted by atomic mass is 10.1. The predicted octanol–water partition coefficient (Wildman–Crippen LogP) is 2.95. The minimum Gasteiger partial charge on any atom is -0.359 e. The van der Waals surface area contributed by atoms with Gasteiger partial charge in [0.1, 0.15) is 5.82 Å². The number of hydrogen-bond acceptors (Lipinski definition) is 3. The highest BCUT2D eigenvalue weighted by molar-refractivity contribution is 7.98. The Labute approximate surface area is 157 Å². The SMILES string of the molecule is C=C(N1CCCCC1)N1CCN(S(=C)(=O)c2cc(F)ccc2CC)CC1. The second-order valence-corrected chi connectivity index (χ2v) is 9.36. The van der Waals surface area contributed by atoms with Crippen molar-refractivity contribution in [3.63, 3.8) is 0 Å². The maximum atomic E-state index is 13.8. The summed E-state index contributed by atoms with van der Waals surface area (Å²) >= 11 is 0. The molecule has 0 aromatic heterocycles. The van der Waals surface area contributed by atoms with Gasteiger partial charge in [-0.2, -0.15) is 0 Å². The van der Waals surface area contributed by atoms with Gasteiger partial charge in [0.15, 0.2) is 0 Å². The molecule has 0 aliphatic carbocycles. The average molecular weight is 380 g/mol. The molecular weight excluding hydrogens is 349 g/mol. The Morgan fingerprint density at radius 2 is 1.69 bits per heavy atom. The van der Waals surface area contributed by atoms with Crippen LogP contribution in [0.15, 0.2) is 35.5 Å². The fraction of sp³-hybridized carbons (Fsp3) is 0.550. The van der Waals surface area contributed by atoms with E-state index in [4.69, 9.17) is 0 Å². The summed E-state index contributed by atoms with van der Waals surface area (Å²) in [6.07, 6.45) is 4.47. The van der Waals surface area contributed by atoms with Crippen molar-refractivity contribution in [2.75, 3.05) is 39.3 Å². The first-order chi connectivity index (χ1) is 12.4. The predicted molar refractivity (Wildman–Crippen MR) is 107 cm³/mol. The number of nitrogens with zero attached hydrogens (tertiary/aromatic N) is 3. The van der Waals surface area contributed by atoms with Crippen LogP contribution in [0.4, 0.5) is 4.39 Å². The van der Waals surface area contributed by atoms with Crippen LogP contribution < -0.4 is 0 Å². The van der Waals surface area contributed by atoms with Crippen LogP contribution in [0.3, 0.4) is 0 Å². The molecule has 2 fully saturated rings. The first-order valence-corrected chi connectivity index (χ1v) is 11.2. The standard InChI is InChI=1S/C20H30FN3OS/c1-4-18-8-9-19(21)16-20(18)26(3,25)24-14-12-23(13-15-24)17(2)22-10-6-5-7-11-22/h8-9,16H,2-7,10-15H2,1H3. The summed E-state index contributed by atoms with van der Waals surface area (Å²) in [5, 5.41) is 0. The zero-order valence-corrected chi connectivity index (χ0v) is 16.6. The molecule has 26 heavy (non-hydrogen) atoms. The third-order valence-electron chi connectivity index (χ3n) is 5.50. The van der Waals surface area contributed by atoms with Crippen LogP contribution in [0.1, 0.15) is 31.7 Å². The molecule has 1 aromatic carbocycles. The van der Waals surface area contributed by atoms with Crippen molar-refractivity contribution < 1.29 is 8.60 Å². The quantitative estimate of drug-likeness (QED) is 0.736. The van der Waals surface area contributed by atoms with Crippen molar-refractivity contribution in [3.8, 4) is 0 Å². The van der Waals surface area contributed by atoms with Gasteiger partial charge in [-0.3, -0.25) is 0 Å². The van der Waals surface area contributed by atoms with E-state index < -0.39 is 9.71 Å². The van der Waals surface area contributed by atoms with Gasteiger partial charge in [0.25, 0.3) is 0 Å². The van der Waals surface area contributed by atoms with Crippen LogP contribution in [-0.2, 0) is 16.1 Å². The van der Waals surface area contributed by atoms with E-state index in [2.05, 4.69) is 22.2 Å². The van der Waals surface area contributed by atoms with Gasteiger partial charge < -0.3 is 9.80 Å². The van der Waals surface area contributed by atoms with Crippen LogP contribution in [0.25, 0.3) is 0 Å². The smallest absolute Gasteiger partial charge is 0.124 e. The molecule has 2 aliphatic heterocycles. The molecule has 2 saturated heterocycles. The van der Waals surface area contributed by atoms with Crippen molar-refractivity contribution >= 4 is 15.6 Å². The Bertz CT molecular complexity index is 748. The summed E-state index contributed by atoms with van der Waals surface area (Å²) < 4.78 is 29.1. The van der Waals surface area contributed by atoms with Gasteiger partial charge in [0.05, 0.1) is 20.4 Å². The molecule has 2 heterocycles. The highest BCUT2D eigenvalue weighted by atomic mass is 32.2. The Hall–Kier alpha value is -1.53. The number of likely N-dealkylation sites (tertiary alicyclic amines) is 1. The molecule has 1 aromatic rings. The van der Waals surface area contributed by atoms with Crippen molar-refractivity contribution in [2.45, 2.75) is 37.5 Å². The monoisotopic (exact) mass is 379 g/mol. The molecule has 0 bridgehead atoms. The van der Waals surface area contributed by atoms with Crippen molar-refractivity contribution in [2.24, 2.45) is 0 Å². The van der Waals surface area contributed by atoms with Gasteiger partial charge in [0, 0.05) is 39.3 Å². The molecule has 0 N–H and O–H groups in total. The Morgan fingerprint density at radius 3 is 2.31 bits per heavy atom. The molecule has 144 valence electrons. The Balaban J connectivity index is 1.69. The molecule has 0 amide bonds. The van der Waals surface area contributed by atoms with E-state index in [0.717, 1.165) is 37.6 Å². The Morgan fingerprint density at radius 1 is 1.08 bits per heavy atom.